The molecule has 0 bridgehead atoms. The van der Waals surface area contributed by atoms with Crippen LogP contribution in [0.15, 0.2) is 81.0 Å². The van der Waals surface area contributed by atoms with E-state index in [2.05, 4.69) is 10.1 Å². The predicted octanol–water partition coefficient (Wildman–Crippen LogP) is 4.94. The number of hydrogen-bond acceptors (Lipinski definition) is 10. The molecule has 0 amide bonds. The molecular formula is C29H24N4O8. The maximum Gasteiger partial charge on any atom is 0.344 e. The van der Waals surface area contributed by atoms with E-state index in [4.69, 9.17) is 18.6 Å². The Morgan fingerprint density at radius 3 is 2.63 bits per heavy atom. The SMILES string of the molecule is COc1cc(C=Nn2c(-c3cc4ccccc4o3)nc3ccccc3c2=O)cc([N+](=O)[O-])c1OCC(=O)OC(C)C. The van der Waals surface area contributed by atoms with Gasteiger partial charge in [-0.2, -0.15) is 9.78 Å². The van der Waals surface area contributed by atoms with Crippen molar-refractivity contribution < 1.29 is 28.3 Å². The van der Waals surface area contributed by atoms with E-state index in [-0.39, 0.29) is 29.0 Å². The predicted molar refractivity (Wildman–Crippen MR) is 151 cm³/mol. The third-order valence-corrected chi connectivity index (χ3v) is 5.90. The number of nitro benzene ring substituents is 1. The molecule has 2 heterocycles. The van der Waals surface area contributed by atoms with Gasteiger partial charge in [0.2, 0.25) is 11.6 Å². The quantitative estimate of drug-likeness (QED) is 0.106. The third kappa shape index (κ3) is 5.62. The normalized spacial score (nSPS) is 11.4. The van der Waals surface area contributed by atoms with E-state index in [1.54, 1.807) is 50.2 Å². The highest BCUT2D eigenvalue weighted by molar-refractivity contribution is 5.86. The summed E-state index contributed by atoms with van der Waals surface area (Å²) in [5.41, 5.74) is 0.348. The Morgan fingerprint density at radius 2 is 1.90 bits per heavy atom. The molecule has 208 valence electrons. The van der Waals surface area contributed by atoms with Crippen LogP contribution in [0.1, 0.15) is 19.4 Å². The fourth-order valence-electron chi connectivity index (χ4n) is 4.15. The number of hydrogen-bond donors (Lipinski definition) is 0. The molecule has 12 nitrogen and oxygen atoms in total. The van der Waals surface area contributed by atoms with E-state index >= 15 is 0 Å². The molecule has 12 heteroatoms. The van der Waals surface area contributed by atoms with Gasteiger partial charge in [-0.1, -0.05) is 30.3 Å². The van der Waals surface area contributed by atoms with Crippen LogP contribution in [0, 0.1) is 10.1 Å². The summed E-state index contributed by atoms with van der Waals surface area (Å²) in [5.74, 6) is -0.497. The number of nitro groups is 1. The lowest BCUT2D eigenvalue weighted by Gasteiger charge is -2.13. The number of fused-ring (bicyclic) bond motifs is 2. The molecule has 3 aromatic carbocycles. The number of carbonyl (C=O) groups is 1. The van der Waals surface area contributed by atoms with Gasteiger partial charge in [0.15, 0.2) is 18.1 Å². The molecule has 0 N–H and O–H groups in total. The summed E-state index contributed by atoms with van der Waals surface area (Å²) < 4.78 is 22.8. The zero-order chi connectivity index (χ0) is 29.1. The first kappa shape index (κ1) is 27.1. The monoisotopic (exact) mass is 556 g/mol. The second-order valence-electron chi connectivity index (χ2n) is 9.12. The molecule has 0 fully saturated rings. The smallest absolute Gasteiger partial charge is 0.344 e. The van der Waals surface area contributed by atoms with Crippen molar-refractivity contribution in [1.82, 2.24) is 9.66 Å². The van der Waals surface area contributed by atoms with Gasteiger partial charge in [-0.15, -0.1) is 0 Å². The van der Waals surface area contributed by atoms with Crippen molar-refractivity contribution in [2.45, 2.75) is 20.0 Å². The average Bonchev–Trinajstić information content (AvgIpc) is 3.39. The molecule has 0 aliphatic carbocycles. The molecule has 5 aromatic rings. The zero-order valence-corrected chi connectivity index (χ0v) is 22.3. The highest BCUT2D eigenvalue weighted by Gasteiger charge is 2.24. The van der Waals surface area contributed by atoms with Crippen molar-refractivity contribution >= 4 is 39.7 Å². The first-order valence-corrected chi connectivity index (χ1v) is 12.5. The fraction of sp³-hybridized carbons (Fsp3) is 0.172. The Hall–Kier alpha value is -5.52. The zero-order valence-electron chi connectivity index (χ0n) is 22.3. The van der Waals surface area contributed by atoms with Crippen molar-refractivity contribution in [3.05, 3.63) is 92.8 Å². The van der Waals surface area contributed by atoms with E-state index < -0.39 is 28.7 Å². The first-order chi connectivity index (χ1) is 19.7. The molecule has 0 aliphatic heterocycles. The van der Waals surface area contributed by atoms with Gasteiger partial charge in [0, 0.05) is 17.0 Å². The van der Waals surface area contributed by atoms with Gasteiger partial charge in [0.1, 0.15) is 5.58 Å². The van der Waals surface area contributed by atoms with Crippen molar-refractivity contribution in [3.63, 3.8) is 0 Å². The summed E-state index contributed by atoms with van der Waals surface area (Å²) in [4.78, 5) is 41.3. The maximum absolute atomic E-state index is 13.5. The van der Waals surface area contributed by atoms with Crippen LogP contribution in [0.25, 0.3) is 33.5 Å². The second-order valence-corrected chi connectivity index (χ2v) is 9.12. The minimum Gasteiger partial charge on any atom is -0.493 e. The van der Waals surface area contributed by atoms with Gasteiger partial charge in [0.05, 0.1) is 35.3 Å². The molecule has 5 rings (SSSR count). The summed E-state index contributed by atoms with van der Waals surface area (Å²) in [7, 11) is 1.30. The van der Waals surface area contributed by atoms with Crippen LogP contribution in [0.2, 0.25) is 0 Å². The van der Waals surface area contributed by atoms with E-state index in [9.17, 15) is 19.7 Å². The van der Waals surface area contributed by atoms with E-state index in [1.165, 1.54) is 25.5 Å². The summed E-state index contributed by atoms with van der Waals surface area (Å²) in [6.45, 7) is 2.79. The van der Waals surface area contributed by atoms with Crippen molar-refractivity contribution in [1.29, 1.82) is 0 Å². The lowest BCUT2D eigenvalue weighted by molar-refractivity contribution is -0.385. The lowest BCUT2D eigenvalue weighted by Crippen LogP contribution is -2.20. The third-order valence-electron chi connectivity index (χ3n) is 5.90. The molecule has 2 aromatic heterocycles. The standard InChI is InChI=1S/C29H24N4O8/c1-17(2)40-26(34)16-39-27-22(33(36)37)12-18(13-24(27)38-3)15-30-32-28(25-14-19-8-4-7-11-23(19)41-25)31-21-10-6-5-9-20(21)29(32)35/h4-15,17H,16H2,1-3H3. The average molecular weight is 557 g/mol. The Kier molecular flexibility index (Phi) is 7.46. The second kappa shape index (κ2) is 11.3. The number of ether oxygens (including phenoxy) is 3. The number of benzene rings is 3. The van der Waals surface area contributed by atoms with Gasteiger partial charge in [-0.3, -0.25) is 14.9 Å². The number of rotatable bonds is 9. The fourth-order valence-corrected chi connectivity index (χ4v) is 4.15. The van der Waals surface area contributed by atoms with Gasteiger partial charge in [-0.25, -0.2) is 9.78 Å². The molecular weight excluding hydrogens is 532 g/mol. The van der Waals surface area contributed by atoms with Gasteiger partial charge in [0.25, 0.3) is 5.56 Å². The minimum atomic E-state index is -0.691. The van der Waals surface area contributed by atoms with Gasteiger partial charge in [-0.05, 0) is 44.2 Å². The largest absolute Gasteiger partial charge is 0.493 e. The summed E-state index contributed by atoms with van der Waals surface area (Å²) >= 11 is 0. The summed E-state index contributed by atoms with van der Waals surface area (Å²) in [5, 5.41) is 17.4. The Balaban J connectivity index is 1.59. The number of furan rings is 1. The van der Waals surface area contributed by atoms with Crippen LogP contribution >= 0.6 is 0 Å². The number of methoxy groups -OCH3 is 1. The highest BCUT2D eigenvalue weighted by atomic mass is 16.6. The van der Waals surface area contributed by atoms with Crippen molar-refractivity contribution in [2.75, 3.05) is 13.7 Å². The molecule has 41 heavy (non-hydrogen) atoms. The molecule has 0 atom stereocenters. The van der Waals surface area contributed by atoms with E-state index in [0.29, 0.717) is 22.2 Å². The minimum absolute atomic E-state index is 0.0144. The first-order valence-electron chi connectivity index (χ1n) is 12.5. The van der Waals surface area contributed by atoms with Gasteiger partial charge < -0.3 is 18.6 Å². The molecule has 0 unspecified atom stereocenters. The number of nitrogens with zero attached hydrogens (tertiary/aromatic N) is 4. The summed E-state index contributed by atoms with van der Waals surface area (Å²) in [6.07, 6.45) is 0.884. The highest BCUT2D eigenvalue weighted by Crippen LogP contribution is 2.38. The Bertz CT molecular complexity index is 1840. The van der Waals surface area contributed by atoms with Crippen LogP contribution < -0.4 is 15.0 Å². The molecule has 0 spiro atoms. The van der Waals surface area contributed by atoms with Crippen LogP contribution in [0.5, 0.6) is 11.5 Å². The number of carbonyl (C=O) groups excluding carboxylic acids is 1. The van der Waals surface area contributed by atoms with E-state index in [1.807, 2.05) is 18.2 Å². The van der Waals surface area contributed by atoms with E-state index in [0.717, 1.165) is 10.1 Å². The molecule has 0 radical (unpaired) electrons. The molecule has 0 saturated heterocycles. The summed E-state index contributed by atoms with van der Waals surface area (Å²) in [6, 6.07) is 18.5. The van der Waals surface area contributed by atoms with Crippen LogP contribution in [0.4, 0.5) is 5.69 Å². The van der Waals surface area contributed by atoms with Crippen molar-refractivity contribution in [3.8, 4) is 23.1 Å². The van der Waals surface area contributed by atoms with Crippen LogP contribution in [-0.4, -0.2) is 46.6 Å². The van der Waals surface area contributed by atoms with Gasteiger partial charge >= 0.3 is 11.7 Å². The topological polar surface area (TPSA) is 148 Å². The van der Waals surface area contributed by atoms with Crippen LogP contribution in [0.3, 0.4) is 0 Å². The lowest BCUT2D eigenvalue weighted by atomic mass is 10.2. The Labute approximate surface area is 232 Å². The number of para-hydroxylation sites is 2. The number of esters is 1. The Morgan fingerprint density at radius 1 is 1.15 bits per heavy atom. The molecule has 0 saturated carbocycles. The number of aromatic nitrogens is 2. The van der Waals surface area contributed by atoms with Crippen LogP contribution in [-0.2, 0) is 9.53 Å². The molecule has 0 aliphatic rings. The maximum atomic E-state index is 13.5. The van der Waals surface area contributed by atoms with Crippen molar-refractivity contribution in [2.24, 2.45) is 5.10 Å².